The van der Waals surface area contributed by atoms with Crippen molar-refractivity contribution in [2.24, 2.45) is 0 Å². The van der Waals surface area contributed by atoms with Crippen molar-refractivity contribution in [2.45, 2.75) is 38.5 Å². The fourth-order valence-electron chi connectivity index (χ4n) is 3.89. The molecule has 0 spiro atoms. The fraction of sp³-hybridized carbons (Fsp3) is 0.381. The van der Waals surface area contributed by atoms with Crippen LogP contribution in [-0.4, -0.2) is 46.2 Å². The molecule has 2 aromatic heterocycles. The number of hydrogen-bond donors (Lipinski definition) is 0. The number of thioether (sulfide) groups is 1. The number of ketones is 1. The maximum absolute atomic E-state index is 12.8. The summed E-state index contributed by atoms with van der Waals surface area (Å²) in [6.45, 7) is 5.79. The molecule has 1 aliphatic heterocycles. The minimum Gasteiger partial charge on any atom is -0.411 e. The zero-order valence-corrected chi connectivity index (χ0v) is 18.7. The van der Waals surface area contributed by atoms with Crippen molar-refractivity contribution in [1.82, 2.24) is 14.8 Å². The van der Waals surface area contributed by atoms with Gasteiger partial charge in [-0.3, -0.25) is 4.79 Å². The van der Waals surface area contributed by atoms with E-state index in [-0.39, 0.29) is 29.1 Å². The minimum absolute atomic E-state index is 0.0460. The van der Waals surface area contributed by atoms with Crippen molar-refractivity contribution >= 4 is 27.4 Å². The van der Waals surface area contributed by atoms with Crippen LogP contribution in [0.5, 0.6) is 0 Å². The fourth-order valence-corrected chi connectivity index (χ4v) is 6.23. The molecule has 4 rings (SSSR count). The Labute approximate surface area is 179 Å². The number of sulfone groups is 1. The summed E-state index contributed by atoms with van der Waals surface area (Å²) in [5, 5.41) is 8.43. The van der Waals surface area contributed by atoms with E-state index in [2.05, 4.69) is 10.2 Å². The molecule has 3 heterocycles. The lowest BCUT2D eigenvalue weighted by Crippen LogP contribution is -2.14. The topological polar surface area (TPSA) is 95.1 Å². The van der Waals surface area contributed by atoms with Crippen LogP contribution in [-0.2, 0) is 9.84 Å². The molecule has 0 N–H and O–H groups in total. The van der Waals surface area contributed by atoms with Gasteiger partial charge >= 0.3 is 0 Å². The van der Waals surface area contributed by atoms with E-state index in [0.29, 0.717) is 23.1 Å². The Morgan fingerprint density at radius 2 is 1.93 bits per heavy atom. The van der Waals surface area contributed by atoms with Gasteiger partial charge in [0.15, 0.2) is 15.6 Å². The van der Waals surface area contributed by atoms with Gasteiger partial charge in [-0.15, -0.1) is 10.2 Å². The SMILES string of the molecule is Cc1ccc(-c2nnc(SCC(=O)c3cc(C)n(C4CCS(=O)(=O)C4)c3C)o2)cc1. The van der Waals surface area contributed by atoms with Crippen LogP contribution in [0.3, 0.4) is 0 Å². The summed E-state index contributed by atoms with van der Waals surface area (Å²) >= 11 is 1.20. The van der Waals surface area contributed by atoms with Gasteiger partial charge in [-0.1, -0.05) is 29.5 Å². The first-order chi connectivity index (χ1) is 14.2. The molecule has 9 heteroatoms. The second-order valence-corrected chi connectivity index (χ2v) is 10.8. The lowest BCUT2D eigenvalue weighted by molar-refractivity contribution is 0.102. The number of carbonyl (C=O) groups excluding carboxylic acids is 1. The smallest absolute Gasteiger partial charge is 0.277 e. The van der Waals surface area contributed by atoms with Crippen LogP contribution in [0.2, 0.25) is 0 Å². The number of rotatable bonds is 6. The Morgan fingerprint density at radius 3 is 2.60 bits per heavy atom. The van der Waals surface area contributed by atoms with Gasteiger partial charge in [0, 0.05) is 28.6 Å². The molecule has 3 aromatic rings. The van der Waals surface area contributed by atoms with Crippen molar-refractivity contribution in [3.63, 3.8) is 0 Å². The molecule has 1 aliphatic rings. The van der Waals surface area contributed by atoms with Gasteiger partial charge in [0.1, 0.15) is 0 Å². The maximum Gasteiger partial charge on any atom is 0.277 e. The van der Waals surface area contributed by atoms with E-state index in [9.17, 15) is 13.2 Å². The highest BCUT2D eigenvalue weighted by Gasteiger charge is 2.31. The van der Waals surface area contributed by atoms with Gasteiger partial charge in [0.2, 0.25) is 5.89 Å². The molecule has 1 fully saturated rings. The molecular formula is C21H23N3O4S2. The van der Waals surface area contributed by atoms with Crippen LogP contribution in [0.1, 0.15) is 39.8 Å². The number of Topliss-reactive ketones (excluding diaryl/α,β-unsaturated/α-hetero) is 1. The predicted octanol–water partition coefficient (Wildman–Crippen LogP) is 3.80. The first kappa shape index (κ1) is 20.9. The molecule has 0 radical (unpaired) electrons. The van der Waals surface area contributed by atoms with E-state index < -0.39 is 9.84 Å². The summed E-state index contributed by atoms with van der Waals surface area (Å²) < 4.78 is 31.4. The molecule has 0 bridgehead atoms. The highest BCUT2D eigenvalue weighted by Crippen LogP contribution is 2.30. The Hall–Kier alpha value is -2.39. The van der Waals surface area contributed by atoms with Crippen LogP contribution in [0.15, 0.2) is 40.0 Å². The highest BCUT2D eigenvalue weighted by molar-refractivity contribution is 7.99. The van der Waals surface area contributed by atoms with Crippen LogP contribution < -0.4 is 0 Å². The van der Waals surface area contributed by atoms with E-state index >= 15 is 0 Å². The monoisotopic (exact) mass is 445 g/mol. The Balaban J connectivity index is 1.45. The van der Waals surface area contributed by atoms with Crippen molar-refractivity contribution < 1.29 is 17.6 Å². The maximum atomic E-state index is 12.8. The standard InChI is InChI=1S/C21H23N3O4S2/c1-13-4-6-16(7-5-13)20-22-23-21(28-20)29-11-19(25)18-10-14(2)24(15(18)3)17-8-9-30(26,27)12-17/h4-7,10,17H,8-9,11-12H2,1-3H3. The number of aromatic nitrogens is 3. The lowest BCUT2D eigenvalue weighted by Gasteiger charge is -2.16. The molecule has 1 atom stereocenters. The average molecular weight is 446 g/mol. The molecule has 30 heavy (non-hydrogen) atoms. The number of carbonyl (C=O) groups is 1. The number of aryl methyl sites for hydroxylation is 2. The molecular weight excluding hydrogens is 422 g/mol. The Kier molecular flexibility index (Phi) is 5.59. The van der Waals surface area contributed by atoms with Crippen LogP contribution in [0, 0.1) is 20.8 Å². The molecule has 0 saturated carbocycles. The van der Waals surface area contributed by atoms with E-state index in [0.717, 1.165) is 22.5 Å². The van der Waals surface area contributed by atoms with Gasteiger partial charge in [-0.2, -0.15) is 0 Å². The molecule has 0 aliphatic carbocycles. The minimum atomic E-state index is -2.99. The average Bonchev–Trinajstić information content (AvgIpc) is 3.38. The van der Waals surface area contributed by atoms with Crippen LogP contribution in [0.4, 0.5) is 0 Å². The Bertz CT molecular complexity index is 1190. The van der Waals surface area contributed by atoms with E-state index in [1.54, 1.807) is 0 Å². The lowest BCUT2D eigenvalue weighted by atomic mass is 10.1. The summed E-state index contributed by atoms with van der Waals surface area (Å²) in [6, 6.07) is 9.52. The highest BCUT2D eigenvalue weighted by atomic mass is 32.2. The molecule has 1 saturated heterocycles. The summed E-state index contributed by atoms with van der Waals surface area (Å²) in [7, 11) is -2.99. The number of nitrogens with zero attached hydrogens (tertiary/aromatic N) is 3. The number of hydrogen-bond acceptors (Lipinski definition) is 7. The van der Waals surface area contributed by atoms with Gasteiger partial charge in [-0.25, -0.2) is 8.42 Å². The molecule has 0 amide bonds. The quantitative estimate of drug-likeness (QED) is 0.421. The first-order valence-electron chi connectivity index (χ1n) is 9.69. The third kappa shape index (κ3) is 4.22. The zero-order chi connectivity index (χ0) is 21.5. The summed E-state index contributed by atoms with van der Waals surface area (Å²) in [5.41, 5.74) is 4.31. The van der Waals surface area contributed by atoms with Crippen molar-refractivity contribution in [1.29, 1.82) is 0 Å². The summed E-state index contributed by atoms with van der Waals surface area (Å²) in [5.74, 6) is 0.882. The largest absolute Gasteiger partial charge is 0.411 e. The molecule has 7 nitrogen and oxygen atoms in total. The predicted molar refractivity (Wildman–Crippen MR) is 116 cm³/mol. The third-order valence-electron chi connectivity index (χ3n) is 5.39. The van der Waals surface area contributed by atoms with E-state index in [1.165, 1.54) is 11.8 Å². The van der Waals surface area contributed by atoms with Crippen LogP contribution >= 0.6 is 11.8 Å². The van der Waals surface area contributed by atoms with Crippen molar-refractivity contribution in [3.05, 3.63) is 52.8 Å². The second kappa shape index (κ2) is 8.03. The van der Waals surface area contributed by atoms with Crippen LogP contribution in [0.25, 0.3) is 11.5 Å². The molecule has 1 unspecified atom stereocenters. The van der Waals surface area contributed by atoms with Crippen molar-refractivity contribution in [3.8, 4) is 11.5 Å². The van der Waals surface area contributed by atoms with E-state index in [1.807, 2.05) is 55.7 Å². The second-order valence-electron chi connectivity index (χ2n) is 7.66. The normalized spacial score (nSPS) is 18.0. The number of benzene rings is 1. The Morgan fingerprint density at radius 1 is 1.20 bits per heavy atom. The summed E-state index contributed by atoms with van der Waals surface area (Å²) in [4.78, 5) is 12.8. The van der Waals surface area contributed by atoms with E-state index in [4.69, 9.17) is 4.42 Å². The zero-order valence-electron chi connectivity index (χ0n) is 17.1. The third-order valence-corrected chi connectivity index (χ3v) is 7.96. The van der Waals surface area contributed by atoms with Gasteiger partial charge in [0.05, 0.1) is 17.3 Å². The van der Waals surface area contributed by atoms with Gasteiger partial charge in [-0.05, 0) is 45.4 Å². The summed E-state index contributed by atoms with van der Waals surface area (Å²) in [6.07, 6.45) is 0.588. The van der Waals surface area contributed by atoms with Gasteiger partial charge in [0.25, 0.3) is 5.22 Å². The molecule has 158 valence electrons. The van der Waals surface area contributed by atoms with Gasteiger partial charge < -0.3 is 8.98 Å². The molecule has 1 aromatic carbocycles. The first-order valence-corrected chi connectivity index (χ1v) is 12.5. The van der Waals surface area contributed by atoms with Crippen molar-refractivity contribution in [2.75, 3.05) is 17.3 Å².